The highest BCUT2D eigenvalue weighted by molar-refractivity contribution is 5.74. The number of hydrogen-bond donors (Lipinski definition) is 1. The number of nitrogens with zero attached hydrogens (tertiary/aromatic N) is 3. The number of carbonyl (C=O) groups excluding carboxylic acids is 1. The molecule has 2 heterocycles. The zero-order valence-electron chi connectivity index (χ0n) is 16.1. The van der Waals surface area contributed by atoms with E-state index in [0.717, 1.165) is 36.5 Å². The molecular formula is C21H28N4O2. The first-order valence-corrected chi connectivity index (χ1v) is 9.50. The Morgan fingerprint density at radius 1 is 1.19 bits per heavy atom. The van der Waals surface area contributed by atoms with Gasteiger partial charge in [0.1, 0.15) is 5.82 Å². The Kier molecular flexibility index (Phi) is 6.65. The molecule has 1 fully saturated rings. The topological polar surface area (TPSA) is 57.7 Å². The molecule has 3 rings (SSSR count). The minimum absolute atomic E-state index is 0.0913. The van der Waals surface area contributed by atoms with Crippen LogP contribution in [0.2, 0.25) is 0 Å². The van der Waals surface area contributed by atoms with Gasteiger partial charge in [-0.15, -0.1) is 0 Å². The van der Waals surface area contributed by atoms with Crippen molar-refractivity contribution in [1.82, 2.24) is 15.2 Å². The molecule has 1 aliphatic heterocycles. The summed E-state index contributed by atoms with van der Waals surface area (Å²) in [7, 11) is 1.81. The molecule has 1 N–H and O–H groups in total. The number of urea groups is 1. The van der Waals surface area contributed by atoms with Crippen molar-refractivity contribution >= 4 is 11.8 Å². The van der Waals surface area contributed by atoms with Crippen molar-refractivity contribution in [1.29, 1.82) is 0 Å². The third kappa shape index (κ3) is 5.20. The zero-order valence-corrected chi connectivity index (χ0v) is 16.1. The molecule has 6 heteroatoms. The molecule has 6 nitrogen and oxygen atoms in total. The molecule has 0 saturated carbocycles. The van der Waals surface area contributed by atoms with Gasteiger partial charge < -0.3 is 19.9 Å². The Labute approximate surface area is 161 Å². The lowest BCUT2D eigenvalue weighted by Gasteiger charge is -2.29. The number of amides is 2. The Morgan fingerprint density at radius 3 is 2.59 bits per heavy atom. The lowest BCUT2D eigenvalue weighted by molar-refractivity contribution is 0.122. The second kappa shape index (κ2) is 9.37. The maximum atomic E-state index is 12.5. The van der Waals surface area contributed by atoms with E-state index in [4.69, 9.17) is 4.74 Å². The van der Waals surface area contributed by atoms with Crippen molar-refractivity contribution in [3.63, 3.8) is 0 Å². The number of benzene rings is 1. The summed E-state index contributed by atoms with van der Waals surface area (Å²) in [5.74, 6) is 0.930. The predicted octanol–water partition coefficient (Wildman–Crippen LogP) is 2.82. The summed E-state index contributed by atoms with van der Waals surface area (Å²) in [6.07, 6.45) is 2.81. The average molecular weight is 368 g/mol. The number of aromatic nitrogens is 1. The molecule has 27 heavy (non-hydrogen) atoms. The van der Waals surface area contributed by atoms with Crippen LogP contribution in [0.1, 0.15) is 23.6 Å². The predicted molar refractivity (Wildman–Crippen MR) is 107 cm³/mol. The van der Waals surface area contributed by atoms with E-state index in [0.29, 0.717) is 26.3 Å². The van der Waals surface area contributed by atoms with Crippen LogP contribution in [-0.4, -0.2) is 49.3 Å². The molecule has 0 radical (unpaired) electrons. The Balaban J connectivity index is 1.56. The molecule has 0 aliphatic carbocycles. The van der Waals surface area contributed by atoms with E-state index >= 15 is 0 Å². The molecule has 1 aromatic heterocycles. The van der Waals surface area contributed by atoms with Gasteiger partial charge in [-0.25, -0.2) is 9.78 Å². The van der Waals surface area contributed by atoms with Gasteiger partial charge in [0.05, 0.1) is 13.2 Å². The van der Waals surface area contributed by atoms with Gasteiger partial charge in [-0.05, 0) is 23.6 Å². The fourth-order valence-electron chi connectivity index (χ4n) is 3.16. The van der Waals surface area contributed by atoms with Crippen LogP contribution in [0.4, 0.5) is 10.6 Å². The molecule has 0 spiro atoms. The first-order valence-electron chi connectivity index (χ1n) is 9.50. The standard InChI is InChI=1S/C21H28N4O2/c1-3-17-6-8-18(9-7-17)16-24(2)21(26)23-15-19-5-4-10-22-20(19)25-11-13-27-14-12-25/h4-10H,3,11-16H2,1-2H3,(H,23,26). The van der Waals surface area contributed by atoms with Crippen molar-refractivity contribution < 1.29 is 9.53 Å². The average Bonchev–Trinajstić information content (AvgIpc) is 2.73. The number of rotatable bonds is 6. The number of carbonyl (C=O) groups is 1. The van der Waals surface area contributed by atoms with Crippen molar-refractivity contribution in [2.24, 2.45) is 0 Å². The van der Waals surface area contributed by atoms with Gasteiger partial charge in [0.15, 0.2) is 0 Å². The van der Waals surface area contributed by atoms with E-state index in [-0.39, 0.29) is 6.03 Å². The number of morpholine rings is 1. The second-order valence-corrected chi connectivity index (χ2v) is 6.77. The molecule has 1 aliphatic rings. The summed E-state index contributed by atoms with van der Waals surface area (Å²) in [6, 6.07) is 12.2. The van der Waals surface area contributed by atoms with Crippen molar-refractivity contribution in [2.45, 2.75) is 26.4 Å². The molecule has 2 aromatic rings. The Morgan fingerprint density at radius 2 is 1.89 bits per heavy atom. The number of hydrogen-bond acceptors (Lipinski definition) is 4. The van der Waals surface area contributed by atoms with Crippen LogP contribution < -0.4 is 10.2 Å². The largest absolute Gasteiger partial charge is 0.378 e. The first kappa shape index (κ1) is 19.2. The minimum atomic E-state index is -0.0913. The van der Waals surface area contributed by atoms with Crippen LogP contribution in [0.5, 0.6) is 0 Å². The zero-order chi connectivity index (χ0) is 19.1. The number of aryl methyl sites for hydroxylation is 1. The lowest BCUT2D eigenvalue weighted by Crippen LogP contribution is -2.39. The van der Waals surface area contributed by atoms with Gasteiger partial charge in [-0.2, -0.15) is 0 Å². The summed E-state index contributed by atoms with van der Waals surface area (Å²) in [4.78, 5) is 20.9. The Hall–Kier alpha value is -2.60. The lowest BCUT2D eigenvalue weighted by atomic mass is 10.1. The molecule has 0 atom stereocenters. The van der Waals surface area contributed by atoms with E-state index in [1.54, 1.807) is 11.1 Å². The van der Waals surface area contributed by atoms with Crippen LogP contribution >= 0.6 is 0 Å². The maximum absolute atomic E-state index is 12.5. The van der Waals surface area contributed by atoms with E-state index in [9.17, 15) is 4.79 Å². The normalized spacial score (nSPS) is 14.1. The maximum Gasteiger partial charge on any atom is 0.317 e. The highest BCUT2D eigenvalue weighted by atomic mass is 16.5. The quantitative estimate of drug-likeness (QED) is 0.852. The smallest absolute Gasteiger partial charge is 0.317 e. The van der Waals surface area contributed by atoms with Crippen LogP contribution in [-0.2, 0) is 24.2 Å². The van der Waals surface area contributed by atoms with Crippen molar-refractivity contribution in [2.75, 3.05) is 38.3 Å². The van der Waals surface area contributed by atoms with Gasteiger partial charge in [-0.3, -0.25) is 0 Å². The van der Waals surface area contributed by atoms with E-state index in [1.165, 1.54) is 5.56 Å². The van der Waals surface area contributed by atoms with Gasteiger partial charge in [-0.1, -0.05) is 37.3 Å². The van der Waals surface area contributed by atoms with Crippen molar-refractivity contribution in [3.8, 4) is 0 Å². The fourth-order valence-corrected chi connectivity index (χ4v) is 3.16. The highest BCUT2D eigenvalue weighted by Gasteiger charge is 2.17. The summed E-state index contributed by atoms with van der Waals surface area (Å²) in [5, 5.41) is 3.01. The molecule has 0 bridgehead atoms. The monoisotopic (exact) mass is 368 g/mol. The fraction of sp³-hybridized carbons (Fsp3) is 0.429. The third-order valence-corrected chi connectivity index (χ3v) is 4.81. The second-order valence-electron chi connectivity index (χ2n) is 6.77. The molecule has 1 aromatic carbocycles. The summed E-state index contributed by atoms with van der Waals surface area (Å²) in [6.45, 7) is 6.25. The first-order chi connectivity index (χ1) is 13.2. The SMILES string of the molecule is CCc1ccc(CN(C)C(=O)NCc2cccnc2N2CCOCC2)cc1. The number of ether oxygens (including phenoxy) is 1. The molecule has 1 saturated heterocycles. The minimum Gasteiger partial charge on any atom is -0.378 e. The number of pyridine rings is 1. The number of anilines is 1. The molecular weight excluding hydrogens is 340 g/mol. The van der Waals surface area contributed by atoms with Gasteiger partial charge >= 0.3 is 6.03 Å². The summed E-state index contributed by atoms with van der Waals surface area (Å²) < 4.78 is 5.42. The van der Waals surface area contributed by atoms with E-state index in [1.807, 2.05) is 19.2 Å². The van der Waals surface area contributed by atoms with Gasteiger partial charge in [0.25, 0.3) is 0 Å². The molecule has 144 valence electrons. The highest BCUT2D eigenvalue weighted by Crippen LogP contribution is 2.18. The van der Waals surface area contributed by atoms with Gasteiger partial charge in [0.2, 0.25) is 0 Å². The van der Waals surface area contributed by atoms with Crippen LogP contribution in [0.3, 0.4) is 0 Å². The van der Waals surface area contributed by atoms with Crippen LogP contribution in [0.25, 0.3) is 0 Å². The van der Waals surface area contributed by atoms with Gasteiger partial charge in [0, 0.05) is 45.0 Å². The summed E-state index contributed by atoms with van der Waals surface area (Å²) >= 11 is 0. The van der Waals surface area contributed by atoms with E-state index in [2.05, 4.69) is 46.4 Å². The third-order valence-electron chi connectivity index (χ3n) is 4.81. The van der Waals surface area contributed by atoms with Crippen molar-refractivity contribution in [3.05, 3.63) is 59.3 Å². The van der Waals surface area contributed by atoms with Crippen LogP contribution in [0.15, 0.2) is 42.6 Å². The molecule has 0 unspecified atom stereocenters. The Bertz CT molecular complexity index is 742. The van der Waals surface area contributed by atoms with Crippen LogP contribution in [0, 0.1) is 0 Å². The summed E-state index contributed by atoms with van der Waals surface area (Å²) in [5.41, 5.74) is 3.45. The number of nitrogens with one attached hydrogen (secondary N) is 1. The molecule has 2 amide bonds. The van der Waals surface area contributed by atoms with E-state index < -0.39 is 0 Å².